The van der Waals surface area contributed by atoms with E-state index in [1.807, 2.05) is 12.3 Å². The third-order valence-electron chi connectivity index (χ3n) is 3.47. The number of nitro benzene ring substituents is 1. The Morgan fingerprint density at radius 1 is 1.37 bits per heavy atom. The molecule has 0 radical (unpaired) electrons. The van der Waals surface area contributed by atoms with Crippen LogP contribution < -0.4 is 5.32 Å². The Hall–Kier alpha value is -2.79. The zero-order chi connectivity index (χ0) is 19.6. The van der Waals surface area contributed by atoms with Gasteiger partial charge in [-0.25, -0.2) is 4.98 Å². The second kappa shape index (κ2) is 7.84. The number of nitrogens with zero attached hydrogens (tertiary/aromatic N) is 4. The molecule has 1 amide bonds. The molecule has 3 aromatic rings. The lowest BCUT2D eigenvalue weighted by Gasteiger charge is -2.10. The molecule has 1 N–H and O–H groups in total. The highest BCUT2D eigenvalue weighted by molar-refractivity contribution is 8.01. The monoisotopic (exact) mass is 405 g/mol. The summed E-state index contributed by atoms with van der Waals surface area (Å²) in [7, 11) is 0. The second-order valence-corrected chi connectivity index (χ2v) is 7.82. The van der Waals surface area contributed by atoms with Crippen LogP contribution in [0.4, 0.5) is 5.69 Å². The molecule has 0 spiro atoms. The van der Waals surface area contributed by atoms with Crippen LogP contribution in [0.3, 0.4) is 0 Å². The van der Waals surface area contributed by atoms with Gasteiger partial charge in [0, 0.05) is 22.7 Å². The minimum atomic E-state index is -0.523. The third kappa shape index (κ3) is 4.49. The lowest BCUT2D eigenvalue weighted by molar-refractivity contribution is -0.387. The quantitative estimate of drug-likeness (QED) is 0.486. The van der Waals surface area contributed by atoms with Crippen molar-refractivity contribution in [3.05, 3.63) is 56.7 Å². The summed E-state index contributed by atoms with van der Waals surface area (Å²) < 4.78 is 5.72. The molecule has 0 aliphatic rings. The van der Waals surface area contributed by atoms with Crippen LogP contribution in [0.2, 0.25) is 0 Å². The highest BCUT2D eigenvalue weighted by Crippen LogP contribution is 2.36. The Bertz CT molecular complexity index is 1000. The number of thiazole rings is 1. The molecule has 1 atom stereocenters. The number of nitro groups is 1. The van der Waals surface area contributed by atoms with Crippen molar-refractivity contribution < 1.29 is 14.2 Å². The molecular weight excluding hydrogens is 390 g/mol. The van der Waals surface area contributed by atoms with Crippen molar-refractivity contribution in [3.63, 3.8) is 0 Å². The molecule has 0 aliphatic heterocycles. The van der Waals surface area contributed by atoms with Crippen molar-refractivity contribution in [1.29, 1.82) is 0 Å². The minimum Gasteiger partial charge on any atom is -0.341 e. The van der Waals surface area contributed by atoms with E-state index >= 15 is 0 Å². The van der Waals surface area contributed by atoms with Crippen LogP contribution in [0.15, 0.2) is 37.3 Å². The van der Waals surface area contributed by atoms with Gasteiger partial charge in [0.15, 0.2) is 10.2 Å². The fraction of sp³-hybridized carbons (Fsp3) is 0.250. The molecule has 27 heavy (non-hydrogen) atoms. The van der Waals surface area contributed by atoms with Gasteiger partial charge in [0.1, 0.15) is 6.04 Å². The maximum absolute atomic E-state index is 12.4. The van der Waals surface area contributed by atoms with E-state index in [2.05, 4.69) is 20.4 Å². The van der Waals surface area contributed by atoms with Gasteiger partial charge < -0.3 is 9.84 Å². The Morgan fingerprint density at radius 3 is 2.74 bits per heavy atom. The molecule has 9 nitrogen and oxygen atoms in total. The van der Waals surface area contributed by atoms with E-state index in [0.29, 0.717) is 15.1 Å². The summed E-state index contributed by atoms with van der Waals surface area (Å²) in [5.41, 5.74) is 0.873. The average molecular weight is 405 g/mol. The van der Waals surface area contributed by atoms with Crippen LogP contribution in [-0.4, -0.2) is 26.0 Å². The molecule has 140 valence electrons. The molecule has 0 saturated carbocycles. The molecule has 2 aromatic heterocycles. The van der Waals surface area contributed by atoms with Crippen LogP contribution >= 0.6 is 23.1 Å². The number of hydrogen-bond acceptors (Lipinski definition) is 9. The van der Waals surface area contributed by atoms with Crippen molar-refractivity contribution in [2.24, 2.45) is 0 Å². The Kier molecular flexibility index (Phi) is 5.51. The first-order valence-corrected chi connectivity index (χ1v) is 9.52. The average Bonchev–Trinajstić information content (AvgIpc) is 3.23. The van der Waals surface area contributed by atoms with E-state index in [9.17, 15) is 14.9 Å². The summed E-state index contributed by atoms with van der Waals surface area (Å²) in [5, 5.41) is 19.7. The molecule has 3 rings (SSSR count). The topological polar surface area (TPSA) is 124 Å². The largest absolute Gasteiger partial charge is 0.341 e. The Morgan fingerprint density at radius 2 is 2.15 bits per heavy atom. The molecule has 0 bridgehead atoms. The summed E-state index contributed by atoms with van der Waals surface area (Å²) in [4.78, 5) is 32.2. The summed E-state index contributed by atoms with van der Waals surface area (Å²) in [6.45, 7) is 5.22. The molecule has 0 fully saturated rings. The normalized spacial score (nSPS) is 12.0. The molecule has 0 aliphatic carbocycles. The van der Waals surface area contributed by atoms with Crippen LogP contribution in [0.5, 0.6) is 0 Å². The van der Waals surface area contributed by atoms with E-state index in [1.54, 1.807) is 19.9 Å². The zero-order valence-electron chi connectivity index (χ0n) is 14.6. The number of rotatable bonds is 6. The van der Waals surface area contributed by atoms with Crippen molar-refractivity contribution in [2.45, 2.75) is 36.0 Å². The highest BCUT2D eigenvalue weighted by atomic mass is 32.2. The molecule has 0 saturated heterocycles. The van der Waals surface area contributed by atoms with E-state index < -0.39 is 16.9 Å². The van der Waals surface area contributed by atoms with Gasteiger partial charge in [-0.2, -0.15) is 4.98 Å². The second-order valence-electron chi connectivity index (χ2n) is 5.67. The fourth-order valence-corrected chi connectivity index (χ4v) is 4.07. The predicted molar refractivity (Wildman–Crippen MR) is 99.0 cm³/mol. The van der Waals surface area contributed by atoms with Gasteiger partial charge in [-0.1, -0.05) is 16.9 Å². The summed E-state index contributed by atoms with van der Waals surface area (Å²) in [6, 6.07) is 3.82. The standard InChI is InChI=1S/C16H15N5O4S2/c1-8-7-26-16(17-8)27-13-5-4-11(6-12(13)21(23)24)14(22)18-9(2)15-19-10(3)20-25-15/h4-7,9H,1-3H3,(H,18,22). The predicted octanol–water partition coefficient (Wildman–Crippen LogP) is 3.69. The van der Waals surface area contributed by atoms with E-state index in [0.717, 1.165) is 5.69 Å². The smallest absolute Gasteiger partial charge is 0.284 e. The van der Waals surface area contributed by atoms with Gasteiger partial charge in [-0.05, 0) is 32.9 Å². The van der Waals surface area contributed by atoms with Gasteiger partial charge >= 0.3 is 0 Å². The number of benzene rings is 1. The van der Waals surface area contributed by atoms with E-state index in [1.165, 1.54) is 35.2 Å². The van der Waals surface area contributed by atoms with Crippen LogP contribution in [0.25, 0.3) is 0 Å². The molecule has 1 unspecified atom stereocenters. The molecular formula is C16H15N5O4S2. The third-order valence-corrected chi connectivity index (χ3v) is 5.60. The number of amides is 1. The first-order valence-electron chi connectivity index (χ1n) is 7.83. The zero-order valence-corrected chi connectivity index (χ0v) is 16.3. The van der Waals surface area contributed by atoms with Gasteiger partial charge in [-0.3, -0.25) is 14.9 Å². The van der Waals surface area contributed by atoms with Gasteiger partial charge in [-0.15, -0.1) is 11.3 Å². The maximum Gasteiger partial charge on any atom is 0.284 e. The lowest BCUT2D eigenvalue weighted by atomic mass is 10.1. The fourth-order valence-electron chi connectivity index (χ4n) is 2.19. The molecule has 11 heteroatoms. The summed E-state index contributed by atoms with van der Waals surface area (Å²) in [6.07, 6.45) is 0. The first-order chi connectivity index (χ1) is 12.8. The number of carbonyl (C=O) groups is 1. The highest BCUT2D eigenvalue weighted by Gasteiger charge is 2.21. The van der Waals surface area contributed by atoms with Crippen molar-refractivity contribution in [1.82, 2.24) is 20.4 Å². The Balaban J connectivity index is 1.80. The van der Waals surface area contributed by atoms with Gasteiger partial charge in [0.05, 0.1) is 9.82 Å². The van der Waals surface area contributed by atoms with Crippen LogP contribution in [0.1, 0.15) is 40.7 Å². The van der Waals surface area contributed by atoms with Crippen molar-refractivity contribution in [3.8, 4) is 0 Å². The Labute approximate surface area is 162 Å². The van der Waals surface area contributed by atoms with E-state index in [-0.39, 0.29) is 17.1 Å². The summed E-state index contributed by atoms with van der Waals surface area (Å²) >= 11 is 2.61. The molecule has 2 heterocycles. The van der Waals surface area contributed by atoms with Gasteiger partial charge in [0.2, 0.25) is 5.89 Å². The maximum atomic E-state index is 12.4. The lowest BCUT2D eigenvalue weighted by Crippen LogP contribution is -2.27. The first kappa shape index (κ1) is 19.0. The summed E-state index contributed by atoms with van der Waals surface area (Å²) in [5.74, 6) is 0.255. The van der Waals surface area contributed by atoms with Gasteiger partial charge in [0.25, 0.3) is 11.6 Å². The number of aromatic nitrogens is 3. The number of nitrogens with one attached hydrogen (secondary N) is 1. The molecule has 1 aromatic carbocycles. The number of carbonyl (C=O) groups excluding carboxylic acids is 1. The van der Waals surface area contributed by atoms with Crippen LogP contribution in [0, 0.1) is 24.0 Å². The van der Waals surface area contributed by atoms with Crippen molar-refractivity contribution >= 4 is 34.7 Å². The SMILES string of the molecule is Cc1csc(Sc2ccc(C(=O)NC(C)c3nc(C)no3)cc2[N+](=O)[O-])n1. The number of hydrogen-bond donors (Lipinski definition) is 1. The minimum absolute atomic E-state index is 0.151. The number of aryl methyl sites for hydroxylation is 2. The van der Waals surface area contributed by atoms with Crippen LogP contribution in [-0.2, 0) is 0 Å². The van der Waals surface area contributed by atoms with E-state index in [4.69, 9.17) is 4.52 Å². The van der Waals surface area contributed by atoms with Crippen molar-refractivity contribution in [2.75, 3.05) is 0 Å².